The molecule has 3 aromatic rings. The molecular formula is C23H21ClN2O3. The van der Waals surface area contributed by atoms with Crippen LogP contribution >= 0.6 is 11.6 Å². The number of likely N-dealkylation sites (tertiary alicyclic amines) is 1. The van der Waals surface area contributed by atoms with E-state index in [0.717, 1.165) is 53.5 Å². The molecule has 6 heteroatoms. The Balaban J connectivity index is 1.42. The molecule has 29 heavy (non-hydrogen) atoms. The van der Waals surface area contributed by atoms with Crippen LogP contribution in [-0.2, 0) is 6.42 Å². The Hall–Kier alpha value is -2.79. The van der Waals surface area contributed by atoms with Gasteiger partial charge in [-0.3, -0.25) is 4.98 Å². The van der Waals surface area contributed by atoms with Gasteiger partial charge < -0.3 is 14.7 Å². The highest BCUT2D eigenvalue weighted by atomic mass is 35.5. The quantitative estimate of drug-likeness (QED) is 0.586. The number of rotatable bonds is 1. The Labute approximate surface area is 173 Å². The maximum absolute atomic E-state index is 11.2. The summed E-state index contributed by atoms with van der Waals surface area (Å²) < 4.78 is 6.41. The van der Waals surface area contributed by atoms with Gasteiger partial charge in [-0.05, 0) is 42.2 Å². The second-order valence-electron chi connectivity index (χ2n) is 7.88. The second-order valence-corrected chi connectivity index (χ2v) is 8.26. The molecule has 1 spiro atoms. The number of piperidine rings is 1. The molecule has 1 saturated heterocycles. The molecular weight excluding hydrogens is 388 g/mol. The van der Waals surface area contributed by atoms with Crippen molar-refractivity contribution < 1.29 is 14.6 Å². The third-order valence-electron chi connectivity index (χ3n) is 6.21. The van der Waals surface area contributed by atoms with Crippen LogP contribution in [0.4, 0.5) is 4.79 Å². The number of carbonyl (C=O) groups is 1. The third-order valence-corrected chi connectivity index (χ3v) is 6.59. The summed E-state index contributed by atoms with van der Waals surface area (Å²) in [7, 11) is 0. The van der Waals surface area contributed by atoms with Gasteiger partial charge >= 0.3 is 6.09 Å². The highest BCUT2D eigenvalue weighted by molar-refractivity contribution is 6.37. The van der Waals surface area contributed by atoms with Crippen LogP contribution in [0.25, 0.3) is 22.0 Å². The van der Waals surface area contributed by atoms with Crippen LogP contribution in [-0.4, -0.2) is 39.8 Å². The maximum Gasteiger partial charge on any atom is 0.407 e. The fourth-order valence-electron chi connectivity index (χ4n) is 4.48. The molecule has 1 aromatic heterocycles. The molecule has 0 radical (unpaired) electrons. The predicted octanol–water partition coefficient (Wildman–Crippen LogP) is 5.39. The normalized spacial score (nSPS) is 17.8. The molecule has 1 N–H and O–H groups in total. The summed E-state index contributed by atoms with van der Waals surface area (Å²) in [6.45, 7) is 1.06. The van der Waals surface area contributed by atoms with Crippen molar-refractivity contribution in [2.24, 2.45) is 0 Å². The van der Waals surface area contributed by atoms with Crippen LogP contribution in [0.1, 0.15) is 24.8 Å². The van der Waals surface area contributed by atoms with E-state index in [1.807, 2.05) is 36.4 Å². The van der Waals surface area contributed by atoms with E-state index in [1.54, 1.807) is 6.20 Å². The molecule has 1 fully saturated rings. The van der Waals surface area contributed by atoms with E-state index in [4.69, 9.17) is 16.3 Å². The lowest BCUT2D eigenvalue weighted by atomic mass is 9.82. The lowest BCUT2D eigenvalue weighted by Crippen LogP contribution is -2.50. The molecule has 3 heterocycles. The van der Waals surface area contributed by atoms with Crippen molar-refractivity contribution in [2.45, 2.75) is 31.3 Å². The van der Waals surface area contributed by atoms with Crippen LogP contribution in [0, 0.1) is 0 Å². The number of amides is 1. The molecule has 5 rings (SSSR count). The number of carboxylic acid groups (broad SMARTS) is 1. The van der Waals surface area contributed by atoms with Gasteiger partial charge in [-0.2, -0.15) is 0 Å². The molecule has 2 aromatic carbocycles. The molecule has 0 bridgehead atoms. The number of hydrogen-bond acceptors (Lipinski definition) is 3. The third kappa shape index (κ3) is 3.19. The predicted molar refractivity (Wildman–Crippen MR) is 113 cm³/mol. The van der Waals surface area contributed by atoms with Gasteiger partial charge in [0.2, 0.25) is 0 Å². The number of nitrogens with zero attached hydrogens (tertiary/aromatic N) is 2. The summed E-state index contributed by atoms with van der Waals surface area (Å²) in [5.41, 5.74) is 3.76. The zero-order chi connectivity index (χ0) is 20.0. The summed E-state index contributed by atoms with van der Waals surface area (Å²) in [6, 6.07) is 14.2. The minimum Gasteiger partial charge on any atom is -0.487 e. The van der Waals surface area contributed by atoms with Crippen LogP contribution in [0.2, 0.25) is 5.02 Å². The Bertz CT molecular complexity index is 1110. The van der Waals surface area contributed by atoms with Gasteiger partial charge in [0.1, 0.15) is 11.4 Å². The highest BCUT2D eigenvalue weighted by Crippen LogP contribution is 2.42. The van der Waals surface area contributed by atoms with E-state index < -0.39 is 6.09 Å². The standard InChI is InChI=1S/C23H21ClN2O3/c24-20-18(5-3-15-2-1-11-25-21(15)20)16-4-6-19-17(14-16)7-8-23(29-19)9-12-26(13-10-23)22(27)28/h1-6,11,14H,7-10,12-13H2,(H,27,28). The Kier molecular flexibility index (Phi) is 4.36. The second kappa shape index (κ2) is 6.92. The molecule has 2 aliphatic rings. The van der Waals surface area contributed by atoms with Crippen LogP contribution < -0.4 is 4.74 Å². The zero-order valence-corrected chi connectivity index (χ0v) is 16.7. The number of ether oxygens (including phenoxy) is 1. The van der Waals surface area contributed by atoms with E-state index in [1.165, 1.54) is 10.5 Å². The van der Waals surface area contributed by atoms with Crippen molar-refractivity contribution in [1.29, 1.82) is 0 Å². The van der Waals surface area contributed by atoms with E-state index in [-0.39, 0.29) is 5.60 Å². The van der Waals surface area contributed by atoms with Crippen LogP contribution in [0.15, 0.2) is 48.7 Å². The summed E-state index contributed by atoms with van der Waals surface area (Å²) in [6.07, 6.45) is 4.21. The smallest absolute Gasteiger partial charge is 0.407 e. The molecule has 0 aliphatic carbocycles. The molecule has 0 atom stereocenters. The van der Waals surface area contributed by atoms with E-state index in [0.29, 0.717) is 18.1 Å². The van der Waals surface area contributed by atoms with Crippen LogP contribution in [0.5, 0.6) is 5.75 Å². The van der Waals surface area contributed by atoms with Gasteiger partial charge in [0.05, 0.1) is 10.5 Å². The van der Waals surface area contributed by atoms with Gasteiger partial charge in [-0.1, -0.05) is 35.9 Å². The Morgan fingerprint density at radius 1 is 1.14 bits per heavy atom. The summed E-state index contributed by atoms with van der Waals surface area (Å²) >= 11 is 6.67. The minimum atomic E-state index is -0.845. The van der Waals surface area contributed by atoms with Crippen molar-refractivity contribution in [2.75, 3.05) is 13.1 Å². The highest BCUT2D eigenvalue weighted by Gasteiger charge is 2.40. The molecule has 5 nitrogen and oxygen atoms in total. The first-order chi connectivity index (χ1) is 14.0. The molecule has 148 valence electrons. The van der Waals surface area contributed by atoms with Crippen LogP contribution in [0.3, 0.4) is 0 Å². The first kappa shape index (κ1) is 18.3. The number of fused-ring (bicyclic) bond motifs is 2. The summed E-state index contributed by atoms with van der Waals surface area (Å²) in [5.74, 6) is 0.902. The number of halogens is 1. The minimum absolute atomic E-state index is 0.245. The largest absolute Gasteiger partial charge is 0.487 e. The van der Waals surface area contributed by atoms with Gasteiger partial charge in [0, 0.05) is 43.1 Å². The summed E-state index contributed by atoms with van der Waals surface area (Å²) in [5, 5.41) is 10.9. The lowest BCUT2D eigenvalue weighted by Gasteiger charge is -2.44. The number of pyridine rings is 1. The Morgan fingerprint density at radius 2 is 1.97 bits per heavy atom. The van der Waals surface area contributed by atoms with Crippen molar-refractivity contribution in [1.82, 2.24) is 9.88 Å². The maximum atomic E-state index is 11.2. The van der Waals surface area contributed by atoms with Crippen molar-refractivity contribution in [3.8, 4) is 16.9 Å². The van der Waals surface area contributed by atoms with Gasteiger partial charge in [-0.25, -0.2) is 4.79 Å². The average molecular weight is 409 g/mol. The SMILES string of the molecule is O=C(O)N1CCC2(CCc3cc(-c4ccc5cccnc5c4Cl)ccc3O2)CC1. The van der Waals surface area contributed by atoms with E-state index in [2.05, 4.69) is 11.1 Å². The van der Waals surface area contributed by atoms with Crippen molar-refractivity contribution in [3.63, 3.8) is 0 Å². The zero-order valence-electron chi connectivity index (χ0n) is 15.9. The van der Waals surface area contributed by atoms with Crippen molar-refractivity contribution >= 4 is 28.6 Å². The first-order valence-corrected chi connectivity index (χ1v) is 10.3. The summed E-state index contributed by atoms with van der Waals surface area (Å²) in [4.78, 5) is 17.1. The number of aromatic nitrogens is 1. The lowest BCUT2D eigenvalue weighted by molar-refractivity contribution is -0.0103. The fourth-order valence-corrected chi connectivity index (χ4v) is 4.81. The topological polar surface area (TPSA) is 62.7 Å². The van der Waals surface area contributed by atoms with E-state index >= 15 is 0 Å². The number of hydrogen-bond donors (Lipinski definition) is 1. The molecule has 1 amide bonds. The molecule has 0 unspecified atom stereocenters. The van der Waals surface area contributed by atoms with Gasteiger partial charge in [-0.15, -0.1) is 0 Å². The van der Waals surface area contributed by atoms with Crippen molar-refractivity contribution in [3.05, 3.63) is 59.2 Å². The van der Waals surface area contributed by atoms with Gasteiger partial charge in [0.15, 0.2) is 0 Å². The monoisotopic (exact) mass is 408 g/mol. The molecule has 2 aliphatic heterocycles. The number of benzene rings is 2. The fraction of sp³-hybridized carbons (Fsp3) is 0.304. The first-order valence-electron chi connectivity index (χ1n) is 9.88. The van der Waals surface area contributed by atoms with E-state index in [9.17, 15) is 9.90 Å². The molecule has 0 saturated carbocycles. The average Bonchev–Trinajstić information content (AvgIpc) is 2.74. The Morgan fingerprint density at radius 3 is 2.76 bits per heavy atom. The van der Waals surface area contributed by atoms with Gasteiger partial charge in [0.25, 0.3) is 0 Å². The number of aryl methyl sites for hydroxylation is 1.